The number of hydrogen-bond acceptors (Lipinski definition) is 11. The van der Waals surface area contributed by atoms with Crippen LogP contribution in [0.3, 0.4) is 0 Å². The van der Waals surface area contributed by atoms with Gasteiger partial charge in [-0.25, -0.2) is 19.3 Å². The van der Waals surface area contributed by atoms with Gasteiger partial charge in [-0.05, 0) is 118 Å². The average molecular weight is 929 g/mol. The Hall–Kier alpha value is -9.02. The molecule has 17 heteroatoms. The van der Waals surface area contributed by atoms with E-state index < -0.39 is 10.7 Å². The predicted octanol–water partition coefficient (Wildman–Crippen LogP) is 9.68. The number of rotatable bonds is 10. The number of imidazole rings is 3. The molecule has 68 heavy (non-hydrogen) atoms. The summed E-state index contributed by atoms with van der Waals surface area (Å²) in [6.07, 6.45) is 4.55. The minimum absolute atomic E-state index is 0.0773. The maximum Gasteiger partial charge on any atom is 0.269 e. The summed E-state index contributed by atoms with van der Waals surface area (Å²) in [5.74, 6) is -0.755. The molecule has 3 aromatic heterocycles. The van der Waals surface area contributed by atoms with E-state index in [0.29, 0.717) is 27.4 Å². The number of carbonyl (C=O) groups excluding carboxylic acids is 3. The number of aromatic nitrogens is 6. The zero-order valence-corrected chi connectivity index (χ0v) is 37.5. The van der Waals surface area contributed by atoms with Crippen LogP contribution < -0.4 is 17.2 Å². The molecule has 3 heterocycles. The van der Waals surface area contributed by atoms with Gasteiger partial charge in [0, 0.05) is 50.9 Å². The molecule has 0 amide bonds. The van der Waals surface area contributed by atoms with E-state index in [2.05, 4.69) is 15.0 Å². The molecule has 0 aliphatic heterocycles. The number of nitro groups is 1. The van der Waals surface area contributed by atoms with Crippen LogP contribution in [0.2, 0.25) is 5.02 Å². The Balaban J connectivity index is 0.000000151. The molecule has 0 aliphatic rings. The lowest BCUT2D eigenvalue weighted by Crippen LogP contribution is -2.11. The van der Waals surface area contributed by atoms with E-state index in [1.54, 1.807) is 44.3 Å². The standard InChI is InChI=1S/C17H14ClN3O.C17H14FN3O.C17H14N4O3/c2*1-11-2-8-14(9-3-11)21-10-20-17(19)15(21)16(22)12-4-6-13(18)7-5-12;1-11-2-6-13(7-3-11)20-10-19-17(18)15(20)16(22)12-4-8-14(9-5-12)21(23)24/h2*2-10H,19H2,1H3;2-10H,18H2,1H3. The zero-order valence-electron chi connectivity index (χ0n) is 36.7. The Morgan fingerprint density at radius 2 is 0.765 bits per heavy atom. The summed E-state index contributed by atoms with van der Waals surface area (Å²) in [6.45, 7) is 5.96. The summed E-state index contributed by atoms with van der Waals surface area (Å²) >= 11 is 5.86. The first-order valence-corrected chi connectivity index (χ1v) is 21.1. The van der Waals surface area contributed by atoms with Gasteiger partial charge in [0.15, 0.2) is 17.5 Å². The highest BCUT2D eigenvalue weighted by molar-refractivity contribution is 6.30. The number of ketones is 3. The summed E-state index contributed by atoms with van der Waals surface area (Å²) in [5.41, 5.74) is 25.3. The maximum absolute atomic E-state index is 13.0. The fourth-order valence-corrected chi connectivity index (χ4v) is 6.94. The van der Waals surface area contributed by atoms with Crippen molar-refractivity contribution in [3.8, 4) is 17.1 Å². The van der Waals surface area contributed by atoms with Gasteiger partial charge in [-0.3, -0.25) is 38.2 Å². The van der Waals surface area contributed by atoms with Crippen LogP contribution in [0.4, 0.5) is 27.5 Å². The van der Waals surface area contributed by atoms with Crippen molar-refractivity contribution in [2.45, 2.75) is 20.8 Å². The fraction of sp³-hybridized carbons (Fsp3) is 0.0588. The van der Waals surface area contributed by atoms with E-state index in [4.69, 9.17) is 28.8 Å². The Morgan fingerprint density at radius 3 is 1.06 bits per heavy atom. The number of hydrogen-bond donors (Lipinski definition) is 3. The summed E-state index contributed by atoms with van der Waals surface area (Å²) < 4.78 is 17.9. The van der Waals surface area contributed by atoms with Crippen LogP contribution in [-0.4, -0.2) is 50.9 Å². The number of nitro benzene ring substituents is 1. The molecular formula is C51H42ClFN10O5. The molecule has 0 spiro atoms. The molecule has 340 valence electrons. The fourth-order valence-electron chi connectivity index (χ4n) is 6.81. The van der Waals surface area contributed by atoms with Gasteiger partial charge in [0.2, 0.25) is 17.3 Å². The van der Waals surface area contributed by atoms with Crippen molar-refractivity contribution in [3.05, 3.63) is 236 Å². The first-order chi connectivity index (χ1) is 32.6. The Labute approximate surface area is 394 Å². The quantitative estimate of drug-likeness (QED) is 0.0665. The molecule has 15 nitrogen and oxygen atoms in total. The van der Waals surface area contributed by atoms with Crippen molar-refractivity contribution in [1.29, 1.82) is 0 Å². The van der Waals surface area contributed by atoms with Crippen molar-refractivity contribution >= 4 is 52.1 Å². The maximum atomic E-state index is 13.0. The molecule has 9 aromatic rings. The van der Waals surface area contributed by atoms with Crippen LogP contribution >= 0.6 is 11.6 Å². The molecule has 0 bridgehead atoms. The van der Waals surface area contributed by atoms with Crippen LogP contribution in [0.15, 0.2) is 165 Å². The first-order valence-electron chi connectivity index (χ1n) is 20.7. The number of nitrogen functional groups attached to an aromatic ring is 3. The molecule has 0 saturated carbocycles. The molecule has 0 unspecified atom stereocenters. The summed E-state index contributed by atoms with van der Waals surface area (Å²) in [6, 6.07) is 40.5. The van der Waals surface area contributed by atoms with Crippen molar-refractivity contribution in [1.82, 2.24) is 28.7 Å². The van der Waals surface area contributed by atoms with Crippen LogP contribution in [0, 0.1) is 36.7 Å². The van der Waals surface area contributed by atoms with Gasteiger partial charge in [0.05, 0.1) is 4.92 Å². The highest BCUT2D eigenvalue weighted by Gasteiger charge is 2.23. The third-order valence-electron chi connectivity index (χ3n) is 10.5. The molecule has 6 N–H and O–H groups in total. The van der Waals surface area contributed by atoms with Gasteiger partial charge in [-0.1, -0.05) is 64.7 Å². The second-order valence-electron chi connectivity index (χ2n) is 15.4. The monoisotopic (exact) mass is 928 g/mol. The lowest BCUT2D eigenvalue weighted by atomic mass is 10.1. The van der Waals surface area contributed by atoms with Gasteiger partial charge >= 0.3 is 0 Å². The normalized spacial score (nSPS) is 10.6. The summed E-state index contributed by atoms with van der Waals surface area (Å²) in [4.78, 5) is 60.4. The summed E-state index contributed by atoms with van der Waals surface area (Å²) in [7, 11) is 0. The Kier molecular flexibility index (Phi) is 14.1. The smallest absolute Gasteiger partial charge is 0.269 e. The van der Waals surface area contributed by atoms with Crippen LogP contribution in [0.5, 0.6) is 0 Å². The number of carbonyl (C=O) groups is 3. The molecule has 0 atom stereocenters. The zero-order chi connectivity index (χ0) is 48.6. The van der Waals surface area contributed by atoms with Crippen LogP contribution in [0.1, 0.15) is 64.8 Å². The number of non-ortho nitro benzene ring substituents is 1. The molecule has 0 radical (unpaired) electrons. The van der Waals surface area contributed by atoms with Crippen molar-refractivity contribution < 1.29 is 23.7 Å². The third-order valence-corrected chi connectivity index (χ3v) is 10.8. The topological polar surface area (TPSA) is 226 Å². The van der Waals surface area contributed by atoms with Gasteiger partial charge < -0.3 is 17.2 Å². The molecule has 6 aromatic carbocycles. The number of benzene rings is 6. The number of anilines is 3. The van der Waals surface area contributed by atoms with Crippen LogP contribution in [-0.2, 0) is 0 Å². The number of nitrogens with two attached hydrogens (primary N) is 3. The first kappa shape index (κ1) is 47.0. The summed E-state index contributed by atoms with van der Waals surface area (Å²) in [5, 5.41) is 11.3. The lowest BCUT2D eigenvalue weighted by molar-refractivity contribution is -0.384. The molecule has 0 aliphatic carbocycles. The highest BCUT2D eigenvalue weighted by atomic mass is 35.5. The second kappa shape index (κ2) is 20.4. The molecular weight excluding hydrogens is 887 g/mol. The van der Waals surface area contributed by atoms with E-state index in [-0.39, 0.29) is 51.9 Å². The van der Waals surface area contributed by atoms with Crippen molar-refractivity contribution in [2.75, 3.05) is 17.2 Å². The van der Waals surface area contributed by atoms with Crippen LogP contribution in [0.25, 0.3) is 17.1 Å². The molecule has 0 saturated heterocycles. The third kappa shape index (κ3) is 10.6. The number of nitrogens with zero attached hydrogens (tertiary/aromatic N) is 7. The van der Waals surface area contributed by atoms with Gasteiger partial charge in [-0.15, -0.1) is 0 Å². The minimum atomic E-state index is -0.515. The van der Waals surface area contributed by atoms with E-state index in [9.17, 15) is 28.9 Å². The van der Waals surface area contributed by atoms with E-state index in [0.717, 1.165) is 33.8 Å². The minimum Gasteiger partial charge on any atom is -0.382 e. The average Bonchev–Trinajstić information content (AvgIpc) is 4.05. The SMILES string of the molecule is Cc1ccc(-n2cnc(N)c2C(=O)c2ccc(Cl)cc2)cc1.Cc1ccc(-n2cnc(N)c2C(=O)c2ccc(F)cc2)cc1.Cc1ccc(-n2cnc(N)c2C(=O)c2ccc([N+](=O)[O-])cc2)cc1. The van der Waals surface area contributed by atoms with Crippen molar-refractivity contribution in [2.24, 2.45) is 0 Å². The predicted molar refractivity (Wildman–Crippen MR) is 259 cm³/mol. The largest absolute Gasteiger partial charge is 0.382 e. The van der Waals surface area contributed by atoms with E-state index in [1.807, 2.05) is 93.6 Å². The van der Waals surface area contributed by atoms with E-state index >= 15 is 0 Å². The van der Waals surface area contributed by atoms with Crippen molar-refractivity contribution in [3.63, 3.8) is 0 Å². The Bertz CT molecular complexity index is 3110. The molecule has 0 fully saturated rings. The van der Waals surface area contributed by atoms with Gasteiger partial charge in [0.25, 0.3) is 5.69 Å². The lowest BCUT2D eigenvalue weighted by Gasteiger charge is -2.09. The van der Waals surface area contributed by atoms with Gasteiger partial charge in [-0.2, -0.15) is 0 Å². The number of aryl methyl sites for hydroxylation is 3. The molecule has 9 rings (SSSR count). The highest BCUT2D eigenvalue weighted by Crippen LogP contribution is 2.25. The second-order valence-corrected chi connectivity index (χ2v) is 15.8. The van der Waals surface area contributed by atoms with Gasteiger partial charge in [0.1, 0.15) is 41.9 Å². The number of halogens is 2. The van der Waals surface area contributed by atoms with E-state index in [1.165, 1.54) is 61.2 Å². The Morgan fingerprint density at radius 1 is 0.485 bits per heavy atom.